The molecule has 0 saturated heterocycles. The first-order chi connectivity index (χ1) is 20.1. The van der Waals surface area contributed by atoms with Crippen LogP contribution < -0.4 is 11.1 Å². The number of benzene rings is 2. The average Bonchev–Trinajstić information content (AvgIpc) is 3.41. The number of aryl methyl sites for hydroxylation is 1. The van der Waals surface area contributed by atoms with E-state index in [-0.39, 0.29) is 17.9 Å². The van der Waals surface area contributed by atoms with Crippen LogP contribution in [0.1, 0.15) is 68.8 Å². The summed E-state index contributed by atoms with van der Waals surface area (Å²) in [6.07, 6.45) is 5.64. The summed E-state index contributed by atoms with van der Waals surface area (Å²) < 4.78 is 1.99. The molecule has 2 aromatic carbocycles. The molecule has 0 saturated carbocycles. The number of hydrogen-bond acceptors (Lipinski definition) is 5. The van der Waals surface area contributed by atoms with Gasteiger partial charge in [-0.15, -0.1) is 0 Å². The molecule has 0 bridgehead atoms. The SMILES string of the molecule is CC(C)(C)c1ccc(-n2nc(-c3ccccn3)cc2CCCCCC(=O)NC(Cc2ccc(CO)cc2)C(N)=O)cc1. The Balaban J connectivity index is 1.34. The highest BCUT2D eigenvalue weighted by Gasteiger charge is 2.19. The summed E-state index contributed by atoms with van der Waals surface area (Å²) >= 11 is 0. The molecular weight excluding hydrogens is 526 g/mol. The molecule has 2 heterocycles. The van der Waals surface area contributed by atoms with Crippen LogP contribution in [-0.2, 0) is 34.5 Å². The Morgan fingerprint density at radius 1 is 0.929 bits per heavy atom. The van der Waals surface area contributed by atoms with Gasteiger partial charge in [0, 0.05) is 24.7 Å². The van der Waals surface area contributed by atoms with E-state index in [2.05, 4.69) is 61.4 Å². The van der Waals surface area contributed by atoms with Gasteiger partial charge in [0.2, 0.25) is 11.8 Å². The molecule has 220 valence electrons. The molecule has 0 spiro atoms. The molecule has 2 amide bonds. The third-order valence-corrected chi connectivity index (χ3v) is 7.35. The maximum atomic E-state index is 12.6. The number of primary amides is 1. The number of unbranched alkanes of at least 4 members (excludes halogenated alkanes) is 2. The van der Waals surface area contributed by atoms with Gasteiger partial charge < -0.3 is 16.2 Å². The first-order valence-corrected chi connectivity index (χ1v) is 14.5. The Hall–Kier alpha value is -4.30. The standard InChI is InChI=1S/C34H41N5O3/c1-34(2,3)26-16-18-27(19-17-26)39-28(22-30(38-39)29-10-7-8-20-36-29)9-5-4-6-11-32(41)37-31(33(35)42)21-24-12-14-25(23-40)15-13-24/h7-8,10,12-20,22,31,40H,4-6,9,11,21,23H2,1-3H3,(H2,35,42)(H,37,41). The second kappa shape index (κ2) is 14.0. The van der Waals surface area contributed by atoms with E-state index in [0.717, 1.165) is 53.2 Å². The summed E-state index contributed by atoms with van der Waals surface area (Å²) in [5, 5.41) is 16.9. The molecular formula is C34H41N5O3. The Labute approximate surface area is 248 Å². The first-order valence-electron chi connectivity index (χ1n) is 14.5. The monoisotopic (exact) mass is 567 g/mol. The summed E-state index contributed by atoms with van der Waals surface area (Å²) in [4.78, 5) is 29.1. The fraction of sp³-hybridized carbons (Fsp3) is 0.353. The highest BCUT2D eigenvalue weighted by atomic mass is 16.3. The molecule has 4 rings (SSSR count). The fourth-order valence-electron chi connectivity index (χ4n) is 4.84. The molecule has 0 aliphatic carbocycles. The zero-order valence-corrected chi connectivity index (χ0v) is 24.7. The van der Waals surface area contributed by atoms with Crippen molar-refractivity contribution in [3.05, 3.63) is 101 Å². The van der Waals surface area contributed by atoms with Gasteiger partial charge in [0.05, 0.1) is 18.0 Å². The van der Waals surface area contributed by atoms with Crippen LogP contribution in [0.15, 0.2) is 79.0 Å². The molecule has 0 radical (unpaired) electrons. The van der Waals surface area contributed by atoms with E-state index in [1.54, 1.807) is 18.3 Å². The number of nitrogens with one attached hydrogen (secondary N) is 1. The number of carbonyl (C=O) groups excluding carboxylic acids is 2. The molecule has 4 aromatic rings. The molecule has 2 aromatic heterocycles. The lowest BCUT2D eigenvalue weighted by atomic mass is 9.87. The second-order valence-electron chi connectivity index (χ2n) is 11.7. The van der Waals surface area contributed by atoms with Gasteiger partial charge in [-0.1, -0.05) is 69.7 Å². The van der Waals surface area contributed by atoms with E-state index < -0.39 is 11.9 Å². The van der Waals surface area contributed by atoms with Crippen molar-refractivity contribution in [3.63, 3.8) is 0 Å². The van der Waals surface area contributed by atoms with Crippen LogP contribution in [0.3, 0.4) is 0 Å². The Bertz CT molecular complexity index is 1460. The van der Waals surface area contributed by atoms with Gasteiger partial charge in [0.15, 0.2) is 0 Å². The van der Waals surface area contributed by atoms with Crippen LogP contribution in [0.2, 0.25) is 0 Å². The Morgan fingerprint density at radius 3 is 2.26 bits per heavy atom. The van der Waals surface area contributed by atoms with Crippen LogP contribution in [0.5, 0.6) is 0 Å². The van der Waals surface area contributed by atoms with Gasteiger partial charge >= 0.3 is 0 Å². The number of aliphatic hydroxyl groups is 1. The van der Waals surface area contributed by atoms with Crippen molar-refractivity contribution in [2.75, 3.05) is 0 Å². The van der Waals surface area contributed by atoms with E-state index in [1.165, 1.54) is 5.56 Å². The molecule has 8 nitrogen and oxygen atoms in total. The van der Waals surface area contributed by atoms with Gasteiger partial charge in [-0.3, -0.25) is 14.6 Å². The number of pyridine rings is 1. The van der Waals surface area contributed by atoms with Gasteiger partial charge in [0.25, 0.3) is 0 Å². The van der Waals surface area contributed by atoms with Crippen molar-refractivity contribution in [1.29, 1.82) is 0 Å². The predicted molar refractivity (Wildman–Crippen MR) is 165 cm³/mol. The maximum Gasteiger partial charge on any atom is 0.240 e. The topological polar surface area (TPSA) is 123 Å². The van der Waals surface area contributed by atoms with Crippen molar-refractivity contribution in [1.82, 2.24) is 20.1 Å². The van der Waals surface area contributed by atoms with Crippen molar-refractivity contribution in [2.24, 2.45) is 5.73 Å². The van der Waals surface area contributed by atoms with E-state index in [9.17, 15) is 14.7 Å². The summed E-state index contributed by atoms with van der Waals surface area (Å²) in [6.45, 7) is 6.56. The van der Waals surface area contributed by atoms with Gasteiger partial charge in [0.1, 0.15) is 11.7 Å². The molecule has 1 atom stereocenters. The summed E-state index contributed by atoms with van der Waals surface area (Å²) in [6, 6.07) is 22.9. The van der Waals surface area contributed by atoms with E-state index >= 15 is 0 Å². The maximum absolute atomic E-state index is 12.6. The van der Waals surface area contributed by atoms with Crippen molar-refractivity contribution in [2.45, 2.75) is 77.4 Å². The van der Waals surface area contributed by atoms with E-state index in [1.807, 2.05) is 35.0 Å². The normalized spacial score (nSPS) is 12.2. The molecule has 42 heavy (non-hydrogen) atoms. The van der Waals surface area contributed by atoms with Crippen molar-refractivity contribution < 1.29 is 14.7 Å². The van der Waals surface area contributed by atoms with Gasteiger partial charge in [-0.05, 0) is 71.7 Å². The smallest absolute Gasteiger partial charge is 0.240 e. The Morgan fingerprint density at radius 2 is 1.64 bits per heavy atom. The van der Waals surface area contributed by atoms with Crippen LogP contribution in [0.4, 0.5) is 0 Å². The van der Waals surface area contributed by atoms with Gasteiger partial charge in [-0.2, -0.15) is 5.10 Å². The third kappa shape index (κ3) is 8.36. The van der Waals surface area contributed by atoms with E-state index in [0.29, 0.717) is 19.3 Å². The lowest BCUT2D eigenvalue weighted by Gasteiger charge is -2.19. The molecule has 8 heteroatoms. The number of nitrogens with two attached hydrogens (primary N) is 1. The fourth-order valence-corrected chi connectivity index (χ4v) is 4.84. The highest BCUT2D eigenvalue weighted by Crippen LogP contribution is 2.26. The molecule has 0 aliphatic heterocycles. The minimum Gasteiger partial charge on any atom is -0.392 e. The number of amides is 2. The minimum absolute atomic E-state index is 0.0471. The summed E-state index contributed by atoms with van der Waals surface area (Å²) in [5.41, 5.74) is 12.3. The lowest BCUT2D eigenvalue weighted by molar-refractivity contribution is -0.127. The predicted octanol–water partition coefficient (Wildman–Crippen LogP) is 5.04. The number of rotatable bonds is 13. The van der Waals surface area contributed by atoms with Crippen LogP contribution in [0.25, 0.3) is 17.1 Å². The van der Waals surface area contributed by atoms with Crippen LogP contribution >= 0.6 is 0 Å². The van der Waals surface area contributed by atoms with Crippen molar-refractivity contribution in [3.8, 4) is 17.1 Å². The summed E-state index contributed by atoms with van der Waals surface area (Å²) in [7, 11) is 0. The molecule has 0 fully saturated rings. The van der Waals surface area contributed by atoms with Crippen LogP contribution in [0, 0.1) is 0 Å². The minimum atomic E-state index is -0.776. The molecule has 0 aliphatic rings. The Kier molecular flexibility index (Phi) is 10.3. The number of aliphatic hydroxyl groups excluding tert-OH is 1. The number of hydrogen-bond donors (Lipinski definition) is 3. The lowest BCUT2D eigenvalue weighted by Crippen LogP contribution is -2.45. The second-order valence-corrected chi connectivity index (χ2v) is 11.7. The molecule has 1 unspecified atom stereocenters. The van der Waals surface area contributed by atoms with Crippen LogP contribution in [-0.4, -0.2) is 37.7 Å². The third-order valence-electron chi connectivity index (χ3n) is 7.35. The zero-order valence-electron chi connectivity index (χ0n) is 24.7. The largest absolute Gasteiger partial charge is 0.392 e. The van der Waals surface area contributed by atoms with Crippen molar-refractivity contribution >= 4 is 11.8 Å². The zero-order chi connectivity index (χ0) is 30.1. The quantitative estimate of drug-likeness (QED) is 0.195. The number of aromatic nitrogens is 3. The van der Waals surface area contributed by atoms with E-state index in [4.69, 9.17) is 10.8 Å². The summed E-state index contributed by atoms with van der Waals surface area (Å²) in [5.74, 6) is -0.755. The highest BCUT2D eigenvalue weighted by molar-refractivity contribution is 5.86. The number of carbonyl (C=O) groups is 2. The average molecular weight is 568 g/mol. The molecule has 4 N–H and O–H groups in total. The van der Waals surface area contributed by atoms with Gasteiger partial charge in [-0.25, -0.2) is 4.68 Å². The first kappa shape index (κ1) is 30.7. The number of nitrogens with zero attached hydrogens (tertiary/aromatic N) is 3.